The molecule has 1 aromatic heterocycles. The van der Waals surface area contributed by atoms with E-state index in [1.165, 1.54) is 11.3 Å². The third-order valence-electron chi connectivity index (χ3n) is 3.14. The zero-order valence-electron chi connectivity index (χ0n) is 12.5. The van der Waals surface area contributed by atoms with Crippen molar-refractivity contribution in [2.75, 3.05) is 11.9 Å². The molecule has 0 bridgehead atoms. The molecule has 0 saturated carbocycles. The number of amides is 2. The standard InChI is InChI=1S/C16H18ClN3O2S/c17-13-6-4-12(5-7-13)2-1-3-14(21)18-9-8-15(22)20-16-19-10-11-23-16/h4-7,10-11H,1-3,8-9H2,(H,18,21)(H,19,20,22). The van der Waals surface area contributed by atoms with Crippen molar-refractivity contribution in [3.63, 3.8) is 0 Å². The van der Waals surface area contributed by atoms with Crippen molar-refractivity contribution in [2.45, 2.75) is 25.7 Å². The molecule has 1 aromatic carbocycles. The number of carbonyl (C=O) groups is 2. The van der Waals surface area contributed by atoms with Crippen LogP contribution < -0.4 is 10.6 Å². The zero-order valence-corrected chi connectivity index (χ0v) is 14.1. The molecule has 2 aromatic rings. The first-order valence-electron chi connectivity index (χ1n) is 7.34. The summed E-state index contributed by atoms with van der Waals surface area (Å²) in [6.07, 6.45) is 3.90. The van der Waals surface area contributed by atoms with Crippen molar-refractivity contribution in [1.82, 2.24) is 10.3 Å². The second kappa shape index (κ2) is 9.27. The van der Waals surface area contributed by atoms with Crippen LogP contribution in [0.25, 0.3) is 0 Å². The van der Waals surface area contributed by atoms with Crippen LogP contribution in [0.15, 0.2) is 35.8 Å². The summed E-state index contributed by atoms with van der Waals surface area (Å²) in [5.74, 6) is -0.192. The van der Waals surface area contributed by atoms with Crippen LogP contribution in [-0.4, -0.2) is 23.3 Å². The van der Waals surface area contributed by atoms with Crippen molar-refractivity contribution in [2.24, 2.45) is 0 Å². The Labute approximate surface area is 144 Å². The Bertz CT molecular complexity index is 629. The number of aromatic nitrogens is 1. The van der Waals surface area contributed by atoms with E-state index < -0.39 is 0 Å². The summed E-state index contributed by atoms with van der Waals surface area (Å²) in [6, 6.07) is 7.61. The van der Waals surface area contributed by atoms with Gasteiger partial charge in [-0.25, -0.2) is 4.98 Å². The maximum absolute atomic E-state index is 11.7. The Balaban J connectivity index is 1.56. The maximum Gasteiger partial charge on any atom is 0.227 e. The highest BCUT2D eigenvalue weighted by molar-refractivity contribution is 7.13. The summed E-state index contributed by atoms with van der Waals surface area (Å²) >= 11 is 7.19. The van der Waals surface area contributed by atoms with Crippen LogP contribution in [0.2, 0.25) is 5.02 Å². The minimum atomic E-state index is -0.151. The van der Waals surface area contributed by atoms with Crippen LogP contribution in [0, 0.1) is 0 Å². The zero-order chi connectivity index (χ0) is 16.5. The van der Waals surface area contributed by atoms with E-state index in [0.717, 1.165) is 18.4 Å². The van der Waals surface area contributed by atoms with Gasteiger partial charge in [0.2, 0.25) is 11.8 Å². The normalized spacial score (nSPS) is 10.3. The predicted molar refractivity (Wildman–Crippen MR) is 92.8 cm³/mol. The maximum atomic E-state index is 11.7. The number of halogens is 1. The molecule has 0 atom stereocenters. The topological polar surface area (TPSA) is 71.1 Å². The highest BCUT2D eigenvalue weighted by Crippen LogP contribution is 2.12. The molecule has 23 heavy (non-hydrogen) atoms. The molecule has 0 aliphatic heterocycles. The predicted octanol–water partition coefficient (Wildman–Crippen LogP) is 3.26. The number of rotatable bonds is 8. The minimum Gasteiger partial charge on any atom is -0.356 e. The van der Waals surface area contributed by atoms with E-state index in [1.54, 1.807) is 11.6 Å². The van der Waals surface area contributed by atoms with Gasteiger partial charge in [-0.15, -0.1) is 11.3 Å². The second-order valence-electron chi connectivity index (χ2n) is 4.97. The highest BCUT2D eigenvalue weighted by Gasteiger charge is 2.06. The molecule has 122 valence electrons. The number of benzene rings is 1. The molecule has 0 radical (unpaired) electrons. The number of nitrogens with one attached hydrogen (secondary N) is 2. The van der Waals surface area contributed by atoms with Crippen molar-refractivity contribution in [1.29, 1.82) is 0 Å². The van der Waals surface area contributed by atoms with Crippen LogP contribution in [0.5, 0.6) is 0 Å². The van der Waals surface area contributed by atoms with E-state index in [2.05, 4.69) is 15.6 Å². The van der Waals surface area contributed by atoms with Crippen LogP contribution in [0.4, 0.5) is 5.13 Å². The van der Waals surface area contributed by atoms with E-state index >= 15 is 0 Å². The van der Waals surface area contributed by atoms with E-state index in [9.17, 15) is 9.59 Å². The molecule has 0 unspecified atom stereocenters. The van der Waals surface area contributed by atoms with Crippen LogP contribution >= 0.6 is 22.9 Å². The molecule has 0 aliphatic carbocycles. The first-order valence-corrected chi connectivity index (χ1v) is 8.60. The summed E-state index contributed by atoms with van der Waals surface area (Å²) in [6.45, 7) is 0.330. The Morgan fingerprint density at radius 1 is 1.13 bits per heavy atom. The highest BCUT2D eigenvalue weighted by atomic mass is 35.5. The molecular formula is C16H18ClN3O2S. The fourth-order valence-corrected chi connectivity index (χ4v) is 2.65. The monoisotopic (exact) mass is 351 g/mol. The van der Waals surface area contributed by atoms with Crippen LogP contribution in [-0.2, 0) is 16.0 Å². The van der Waals surface area contributed by atoms with Gasteiger partial charge in [0, 0.05) is 36.0 Å². The first kappa shape index (κ1) is 17.4. The lowest BCUT2D eigenvalue weighted by molar-refractivity contribution is -0.121. The smallest absolute Gasteiger partial charge is 0.227 e. The summed E-state index contributed by atoms with van der Waals surface area (Å²) in [5, 5.41) is 8.50. The molecule has 5 nitrogen and oxygen atoms in total. The van der Waals surface area contributed by atoms with Crippen molar-refractivity contribution < 1.29 is 9.59 Å². The largest absolute Gasteiger partial charge is 0.356 e. The van der Waals surface area contributed by atoms with E-state index in [-0.39, 0.29) is 18.2 Å². The van der Waals surface area contributed by atoms with Gasteiger partial charge in [0.1, 0.15) is 0 Å². The molecule has 0 aliphatic rings. The molecule has 2 rings (SSSR count). The number of hydrogen-bond donors (Lipinski definition) is 2. The molecular weight excluding hydrogens is 334 g/mol. The molecule has 0 spiro atoms. The Morgan fingerprint density at radius 2 is 1.91 bits per heavy atom. The first-order chi connectivity index (χ1) is 11.1. The Morgan fingerprint density at radius 3 is 2.61 bits per heavy atom. The van der Waals surface area contributed by atoms with Gasteiger partial charge >= 0.3 is 0 Å². The van der Waals surface area contributed by atoms with E-state index in [4.69, 9.17) is 11.6 Å². The number of aryl methyl sites for hydroxylation is 1. The summed E-state index contributed by atoms with van der Waals surface area (Å²) < 4.78 is 0. The molecule has 2 amide bonds. The number of anilines is 1. The fourth-order valence-electron chi connectivity index (χ4n) is 1.97. The summed E-state index contributed by atoms with van der Waals surface area (Å²) in [7, 11) is 0. The lowest BCUT2D eigenvalue weighted by Crippen LogP contribution is -2.27. The van der Waals surface area contributed by atoms with Gasteiger partial charge in [0.25, 0.3) is 0 Å². The lowest BCUT2D eigenvalue weighted by atomic mass is 10.1. The van der Waals surface area contributed by atoms with Gasteiger partial charge in [0.15, 0.2) is 5.13 Å². The Hall–Kier alpha value is -1.92. The quantitative estimate of drug-likeness (QED) is 0.766. The number of hydrogen-bond acceptors (Lipinski definition) is 4. The average Bonchev–Trinajstić information content (AvgIpc) is 3.02. The van der Waals surface area contributed by atoms with Gasteiger partial charge in [-0.05, 0) is 30.5 Å². The summed E-state index contributed by atoms with van der Waals surface area (Å²) in [4.78, 5) is 27.3. The van der Waals surface area contributed by atoms with Gasteiger partial charge in [-0.1, -0.05) is 23.7 Å². The van der Waals surface area contributed by atoms with Gasteiger partial charge < -0.3 is 10.6 Å². The average molecular weight is 352 g/mol. The Kier molecular flexibility index (Phi) is 7.03. The van der Waals surface area contributed by atoms with Gasteiger partial charge in [0.05, 0.1) is 0 Å². The number of thiazole rings is 1. The molecule has 7 heteroatoms. The second-order valence-corrected chi connectivity index (χ2v) is 6.30. The molecule has 0 saturated heterocycles. The van der Waals surface area contributed by atoms with Crippen LogP contribution in [0.3, 0.4) is 0 Å². The van der Waals surface area contributed by atoms with Gasteiger partial charge in [-0.2, -0.15) is 0 Å². The van der Waals surface area contributed by atoms with Crippen molar-refractivity contribution in [3.05, 3.63) is 46.4 Å². The summed E-state index contributed by atoms with van der Waals surface area (Å²) in [5.41, 5.74) is 1.16. The van der Waals surface area contributed by atoms with Crippen LogP contribution in [0.1, 0.15) is 24.8 Å². The fraction of sp³-hybridized carbons (Fsp3) is 0.312. The SMILES string of the molecule is O=C(CCCc1ccc(Cl)cc1)NCCC(=O)Nc1nccs1. The molecule has 2 N–H and O–H groups in total. The minimum absolute atomic E-state index is 0.0407. The van der Waals surface area contributed by atoms with E-state index in [1.807, 2.05) is 24.3 Å². The van der Waals surface area contributed by atoms with Gasteiger partial charge in [-0.3, -0.25) is 9.59 Å². The third-order valence-corrected chi connectivity index (χ3v) is 4.08. The molecule has 1 heterocycles. The number of nitrogens with zero attached hydrogens (tertiary/aromatic N) is 1. The molecule has 0 fully saturated rings. The van der Waals surface area contributed by atoms with Crippen molar-refractivity contribution >= 4 is 39.9 Å². The van der Waals surface area contributed by atoms with E-state index in [0.29, 0.717) is 23.1 Å². The van der Waals surface area contributed by atoms with Crippen molar-refractivity contribution in [3.8, 4) is 0 Å². The lowest BCUT2D eigenvalue weighted by Gasteiger charge is -2.05. The third kappa shape index (κ3) is 6.80. The number of carbonyl (C=O) groups excluding carboxylic acids is 2.